The van der Waals surface area contributed by atoms with E-state index in [1.54, 1.807) is 31.0 Å². The summed E-state index contributed by atoms with van der Waals surface area (Å²) in [6.45, 7) is 6.81. The van der Waals surface area contributed by atoms with Gasteiger partial charge in [-0.25, -0.2) is 4.52 Å². The summed E-state index contributed by atoms with van der Waals surface area (Å²) >= 11 is 0. The molecule has 0 aromatic carbocycles. The Morgan fingerprint density at radius 2 is 1.98 bits per heavy atom. The molecule has 0 unspecified atom stereocenters. The molecule has 0 N–H and O–H groups in total. The van der Waals surface area contributed by atoms with Crippen molar-refractivity contribution in [2.45, 2.75) is 31.4 Å². The van der Waals surface area contributed by atoms with E-state index in [1.807, 2.05) is 48.4 Å². The van der Waals surface area contributed by atoms with Crippen molar-refractivity contribution in [3.63, 3.8) is 0 Å². The lowest BCUT2D eigenvalue weighted by molar-refractivity contribution is -0.162. The summed E-state index contributed by atoms with van der Waals surface area (Å²) in [5, 5.41) is 18.5. The second kappa shape index (κ2) is 11.4. The van der Waals surface area contributed by atoms with E-state index in [4.69, 9.17) is 14.6 Å². The van der Waals surface area contributed by atoms with Crippen molar-refractivity contribution in [3.8, 4) is 22.9 Å². The molecule has 11 nitrogen and oxygen atoms in total. The first-order valence-corrected chi connectivity index (χ1v) is 13.6. The normalized spacial score (nSPS) is 18.0. The predicted octanol–water partition coefficient (Wildman–Crippen LogP) is 2.37. The smallest absolute Gasteiger partial charge is 0.246 e. The lowest BCUT2D eigenvalue weighted by Crippen LogP contribution is -2.68. The van der Waals surface area contributed by atoms with Gasteiger partial charge in [0, 0.05) is 62.4 Å². The number of nitrogens with zero attached hydrogens (tertiary/aromatic N) is 8. The minimum absolute atomic E-state index is 0.0491. The topological polar surface area (TPSA) is 104 Å². The highest BCUT2D eigenvalue weighted by atomic mass is 16.5. The number of nitriles is 1. The first-order chi connectivity index (χ1) is 19.3. The van der Waals surface area contributed by atoms with Gasteiger partial charge in [-0.3, -0.25) is 9.48 Å². The van der Waals surface area contributed by atoms with Gasteiger partial charge in [0.2, 0.25) is 5.91 Å². The fraction of sp³-hybridized carbons (Fsp3) is 0.517. The second-order valence-electron chi connectivity index (χ2n) is 11.1. The maximum Gasteiger partial charge on any atom is 0.246 e. The molecule has 3 aromatic heterocycles. The van der Waals surface area contributed by atoms with Gasteiger partial charge in [-0.2, -0.15) is 15.5 Å². The van der Waals surface area contributed by atoms with E-state index >= 15 is 0 Å². The van der Waals surface area contributed by atoms with Gasteiger partial charge >= 0.3 is 0 Å². The van der Waals surface area contributed by atoms with E-state index in [2.05, 4.69) is 27.7 Å². The molecular weight excluding hydrogens is 508 g/mol. The van der Waals surface area contributed by atoms with Gasteiger partial charge in [0.25, 0.3) is 0 Å². The highest BCUT2D eigenvalue weighted by Crippen LogP contribution is 2.34. The van der Waals surface area contributed by atoms with Gasteiger partial charge in [-0.15, -0.1) is 0 Å². The zero-order chi connectivity index (χ0) is 28.4. The van der Waals surface area contributed by atoms with Crippen LogP contribution in [0.1, 0.15) is 30.1 Å². The van der Waals surface area contributed by atoms with Crippen LogP contribution in [0.4, 0.5) is 0 Å². The van der Waals surface area contributed by atoms with Crippen molar-refractivity contribution < 1.29 is 14.3 Å². The van der Waals surface area contributed by atoms with Crippen LogP contribution in [-0.4, -0.2) is 113 Å². The summed E-state index contributed by atoms with van der Waals surface area (Å²) in [7, 11) is 7.32. The first-order valence-electron chi connectivity index (χ1n) is 13.6. The first kappa shape index (κ1) is 27.8. The van der Waals surface area contributed by atoms with Gasteiger partial charge in [0.05, 0.1) is 38.6 Å². The number of pyridine rings is 1. The Labute approximate surface area is 235 Å². The van der Waals surface area contributed by atoms with E-state index in [-0.39, 0.29) is 11.5 Å². The van der Waals surface area contributed by atoms with Gasteiger partial charge in [0.15, 0.2) is 0 Å². The molecule has 11 heteroatoms. The molecular formula is C29H38N8O3. The highest BCUT2D eigenvalue weighted by Gasteiger charge is 2.46. The van der Waals surface area contributed by atoms with E-state index < -0.39 is 0 Å². The molecule has 2 saturated heterocycles. The summed E-state index contributed by atoms with van der Waals surface area (Å²) in [5.41, 5.74) is 3.91. The number of ether oxygens (including phenoxy) is 2. The van der Waals surface area contributed by atoms with Crippen molar-refractivity contribution in [2.75, 3.05) is 67.6 Å². The predicted molar refractivity (Wildman–Crippen MR) is 151 cm³/mol. The number of rotatable bonds is 9. The molecule has 2 fully saturated rings. The van der Waals surface area contributed by atoms with Crippen LogP contribution in [-0.2, 0) is 9.53 Å². The number of aromatic nitrogens is 4. The third kappa shape index (κ3) is 5.35. The number of hydrogen-bond acceptors (Lipinski definition) is 8. The highest BCUT2D eigenvalue weighted by molar-refractivity contribution is 5.88. The number of carbonyl (C=O) groups is 1. The summed E-state index contributed by atoms with van der Waals surface area (Å²) in [6, 6.07) is 4.43. The lowest BCUT2D eigenvalue weighted by Gasteiger charge is -2.51. The van der Waals surface area contributed by atoms with Crippen LogP contribution in [0.15, 0.2) is 36.8 Å². The SMILES string of the molecule is COc1cc(-c2cnn(C3CCN(CC4(OC)CN(C(=O)/C=C/CN(C)C)C4)CC3)c2C)cn2ncc(C#N)c12. The average molecular weight is 547 g/mol. The van der Waals surface area contributed by atoms with Gasteiger partial charge in [-0.1, -0.05) is 6.08 Å². The van der Waals surface area contributed by atoms with Crippen LogP contribution in [0.2, 0.25) is 0 Å². The summed E-state index contributed by atoms with van der Waals surface area (Å²) in [6.07, 6.45) is 10.9. The number of methoxy groups -OCH3 is 2. The maximum absolute atomic E-state index is 12.5. The van der Waals surface area contributed by atoms with Crippen LogP contribution in [0.5, 0.6) is 5.75 Å². The van der Waals surface area contributed by atoms with Crippen molar-refractivity contribution in [2.24, 2.45) is 0 Å². The molecule has 2 aliphatic heterocycles. The minimum Gasteiger partial charge on any atom is -0.494 e. The Morgan fingerprint density at radius 3 is 2.62 bits per heavy atom. The van der Waals surface area contributed by atoms with Gasteiger partial charge < -0.3 is 24.2 Å². The monoisotopic (exact) mass is 546 g/mol. The fourth-order valence-corrected chi connectivity index (χ4v) is 5.84. The zero-order valence-corrected chi connectivity index (χ0v) is 24.0. The molecule has 0 saturated carbocycles. The number of likely N-dealkylation sites (N-methyl/N-ethyl adjacent to an activating group) is 1. The maximum atomic E-state index is 12.5. The summed E-state index contributed by atoms with van der Waals surface area (Å²) < 4.78 is 15.4. The standard InChI is InChI=1S/C29H38N8O3/c1-21-25(22-13-26(39-4)28-23(14-30)15-31-36(28)17-22)16-32-37(21)24-8-11-34(12-9-24)18-29(40-5)19-35(20-29)27(38)7-6-10-33(2)3/h6-7,13,15-17,24H,8-12,18-20H2,1-5H3/b7-6+. The largest absolute Gasteiger partial charge is 0.494 e. The molecule has 0 spiro atoms. The molecule has 0 bridgehead atoms. The van der Waals surface area contributed by atoms with E-state index in [9.17, 15) is 10.1 Å². The van der Waals surface area contributed by atoms with Crippen LogP contribution in [0, 0.1) is 18.3 Å². The van der Waals surface area contributed by atoms with E-state index in [1.165, 1.54) is 0 Å². The number of piperidine rings is 1. The summed E-state index contributed by atoms with van der Waals surface area (Å²) in [4.78, 5) is 18.8. The molecule has 0 aliphatic carbocycles. The molecule has 0 radical (unpaired) electrons. The Morgan fingerprint density at radius 1 is 1.23 bits per heavy atom. The number of amides is 1. The third-order valence-electron chi connectivity index (χ3n) is 8.12. The Hall–Kier alpha value is -3.72. The van der Waals surface area contributed by atoms with Gasteiger partial charge in [0.1, 0.15) is 28.5 Å². The molecule has 1 amide bonds. The lowest BCUT2D eigenvalue weighted by atomic mass is 9.91. The minimum atomic E-state index is -0.303. The number of carbonyl (C=O) groups excluding carboxylic acids is 1. The van der Waals surface area contributed by atoms with Crippen molar-refractivity contribution in [3.05, 3.63) is 48.1 Å². The van der Waals surface area contributed by atoms with Crippen molar-refractivity contribution in [1.82, 2.24) is 34.1 Å². The molecule has 5 heterocycles. The van der Waals surface area contributed by atoms with E-state index in [0.29, 0.717) is 36.0 Å². The Balaban J connectivity index is 1.20. The van der Waals surface area contributed by atoms with Gasteiger partial charge in [-0.05, 0) is 39.9 Å². The van der Waals surface area contributed by atoms with Crippen LogP contribution in [0.3, 0.4) is 0 Å². The van der Waals surface area contributed by atoms with E-state index in [0.717, 1.165) is 55.8 Å². The molecule has 2 aliphatic rings. The summed E-state index contributed by atoms with van der Waals surface area (Å²) in [5.74, 6) is 0.660. The number of fused-ring (bicyclic) bond motifs is 1. The zero-order valence-electron chi connectivity index (χ0n) is 24.0. The Bertz CT molecular complexity index is 1440. The van der Waals surface area contributed by atoms with Crippen LogP contribution >= 0.6 is 0 Å². The van der Waals surface area contributed by atoms with Crippen LogP contribution < -0.4 is 4.74 Å². The molecule has 212 valence electrons. The fourth-order valence-electron chi connectivity index (χ4n) is 5.84. The number of likely N-dealkylation sites (tertiary alicyclic amines) is 2. The molecule has 0 atom stereocenters. The number of hydrogen-bond donors (Lipinski definition) is 0. The second-order valence-corrected chi connectivity index (χ2v) is 11.1. The quantitative estimate of drug-likeness (QED) is 0.377. The molecule has 5 rings (SSSR count). The molecule has 40 heavy (non-hydrogen) atoms. The third-order valence-corrected chi connectivity index (χ3v) is 8.12. The molecule has 3 aromatic rings. The average Bonchev–Trinajstić information content (AvgIpc) is 3.53. The van der Waals surface area contributed by atoms with Crippen molar-refractivity contribution in [1.29, 1.82) is 5.26 Å². The van der Waals surface area contributed by atoms with Crippen molar-refractivity contribution >= 4 is 11.4 Å². The Kier molecular flexibility index (Phi) is 7.94. The van der Waals surface area contributed by atoms with Crippen LogP contribution in [0.25, 0.3) is 16.6 Å².